The second-order valence-electron chi connectivity index (χ2n) is 6.42. The Morgan fingerprint density at radius 1 is 1.17 bits per heavy atom. The van der Waals surface area contributed by atoms with Crippen LogP contribution in [0.2, 0.25) is 0 Å². The van der Waals surface area contributed by atoms with E-state index in [0.717, 1.165) is 24.2 Å². The molecule has 0 aromatic heterocycles. The smallest absolute Gasteiger partial charge is 0.327 e. The molecule has 1 aliphatic heterocycles. The van der Waals surface area contributed by atoms with E-state index in [-0.39, 0.29) is 24.4 Å². The van der Waals surface area contributed by atoms with Crippen LogP contribution in [0.5, 0.6) is 0 Å². The summed E-state index contributed by atoms with van der Waals surface area (Å²) in [6.45, 7) is 2.17. The van der Waals surface area contributed by atoms with Gasteiger partial charge >= 0.3 is 6.03 Å². The third-order valence-corrected chi connectivity index (χ3v) is 4.89. The SMILES string of the molecule is COCCNCCNC(=O)CN1C(=O)N(C)C2(CCCCC2)C1=O. The van der Waals surface area contributed by atoms with E-state index < -0.39 is 5.54 Å². The highest BCUT2D eigenvalue weighted by Gasteiger charge is 2.55. The minimum Gasteiger partial charge on any atom is -0.383 e. The van der Waals surface area contributed by atoms with Gasteiger partial charge in [-0.25, -0.2) is 4.79 Å². The third kappa shape index (κ3) is 3.87. The molecule has 136 valence electrons. The standard InChI is InChI=1S/C16H28N4O4/c1-19-15(23)20(14(22)16(19)6-4-3-5-7-16)12-13(21)18-9-8-17-10-11-24-2/h17H,3-12H2,1-2H3,(H,18,21). The molecule has 1 aliphatic carbocycles. The maximum absolute atomic E-state index is 12.7. The fourth-order valence-corrected chi connectivity index (χ4v) is 3.46. The zero-order valence-corrected chi connectivity index (χ0v) is 14.6. The lowest BCUT2D eigenvalue weighted by Gasteiger charge is -2.35. The Balaban J connectivity index is 1.82. The zero-order chi connectivity index (χ0) is 17.6. The van der Waals surface area contributed by atoms with Gasteiger partial charge in [0.15, 0.2) is 0 Å². The molecular formula is C16H28N4O4. The fourth-order valence-electron chi connectivity index (χ4n) is 3.46. The molecule has 4 amide bonds. The number of hydrogen-bond acceptors (Lipinski definition) is 5. The van der Waals surface area contributed by atoms with Crippen LogP contribution in [0.1, 0.15) is 32.1 Å². The Kier molecular flexibility index (Phi) is 6.56. The number of nitrogens with zero attached hydrogens (tertiary/aromatic N) is 2. The molecule has 24 heavy (non-hydrogen) atoms. The number of methoxy groups -OCH3 is 1. The molecule has 0 aromatic rings. The van der Waals surface area contributed by atoms with Crippen molar-refractivity contribution >= 4 is 17.8 Å². The van der Waals surface area contributed by atoms with Gasteiger partial charge in [-0.1, -0.05) is 19.3 Å². The largest absolute Gasteiger partial charge is 0.383 e. The quantitative estimate of drug-likeness (QED) is 0.477. The third-order valence-electron chi connectivity index (χ3n) is 4.89. The number of hydrogen-bond donors (Lipinski definition) is 2. The molecule has 2 rings (SSSR count). The average Bonchev–Trinajstić information content (AvgIpc) is 2.75. The molecule has 1 saturated heterocycles. The van der Waals surface area contributed by atoms with Crippen LogP contribution in [0.3, 0.4) is 0 Å². The Bertz CT molecular complexity index is 477. The molecule has 1 saturated carbocycles. The summed E-state index contributed by atoms with van der Waals surface area (Å²) in [4.78, 5) is 39.8. The zero-order valence-electron chi connectivity index (χ0n) is 14.6. The van der Waals surface area contributed by atoms with Crippen LogP contribution < -0.4 is 10.6 Å². The van der Waals surface area contributed by atoms with Gasteiger partial charge in [0.25, 0.3) is 5.91 Å². The number of amides is 4. The van der Waals surface area contributed by atoms with Crippen LogP contribution in [0, 0.1) is 0 Å². The van der Waals surface area contributed by atoms with E-state index >= 15 is 0 Å². The van der Waals surface area contributed by atoms with Gasteiger partial charge in [0, 0.05) is 33.8 Å². The van der Waals surface area contributed by atoms with Crippen LogP contribution >= 0.6 is 0 Å². The summed E-state index contributed by atoms with van der Waals surface area (Å²) >= 11 is 0. The second kappa shape index (κ2) is 8.43. The van der Waals surface area contributed by atoms with Crippen molar-refractivity contribution in [3.8, 4) is 0 Å². The van der Waals surface area contributed by atoms with Crippen molar-refractivity contribution in [3.63, 3.8) is 0 Å². The van der Waals surface area contributed by atoms with Crippen LogP contribution in [0.25, 0.3) is 0 Å². The average molecular weight is 340 g/mol. The summed E-state index contributed by atoms with van der Waals surface area (Å²) in [7, 11) is 3.30. The van der Waals surface area contributed by atoms with E-state index in [1.165, 1.54) is 4.90 Å². The summed E-state index contributed by atoms with van der Waals surface area (Å²) in [5.41, 5.74) is -0.725. The van der Waals surface area contributed by atoms with Crippen molar-refractivity contribution in [2.24, 2.45) is 0 Å². The van der Waals surface area contributed by atoms with Gasteiger partial charge in [0.05, 0.1) is 6.61 Å². The maximum Gasteiger partial charge on any atom is 0.327 e. The summed E-state index contributed by atoms with van der Waals surface area (Å²) in [6.07, 6.45) is 4.35. The second-order valence-corrected chi connectivity index (χ2v) is 6.42. The molecule has 8 nitrogen and oxygen atoms in total. The van der Waals surface area contributed by atoms with Crippen LogP contribution in [-0.4, -0.2) is 80.1 Å². The fraction of sp³-hybridized carbons (Fsp3) is 0.812. The van der Waals surface area contributed by atoms with Gasteiger partial charge < -0.3 is 20.3 Å². The van der Waals surface area contributed by atoms with E-state index in [4.69, 9.17) is 4.74 Å². The van der Waals surface area contributed by atoms with E-state index in [0.29, 0.717) is 39.1 Å². The van der Waals surface area contributed by atoms with Crippen molar-refractivity contribution < 1.29 is 19.1 Å². The Hall–Kier alpha value is -1.67. The summed E-state index contributed by atoms with van der Waals surface area (Å²) in [5, 5.41) is 5.84. The van der Waals surface area contributed by atoms with Gasteiger partial charge in [-0.2, -0.15) is 0 Å². The lowest BCUT2D eigenvalue weighted by molar-refractivity contribution is -0.137. The van der Waals surface area contributed by atoms with E-state index in [1.807, 2.05) is 0 Å². The number of urea groups is 1. The molecule has 8 heteroatoms. The highest BCUT2D eigenvalue weighted by molar-refractivity contribution is 6.08. The Morgan fingerprint density at radius 2 is 1.88 bits per heavy atom. The van der Waals surface area contributed by atoms with Gasteiger partial charge in [0.1, 0.15) is 12.1 Å². The number of nitrogens with one attached hydrogen (secondary N) is 2. The van der Waals surface area contributed by atoms with Gasteiger partial charge in [0.2, 0.25) is 5.91 Å². The van der Waals surface area contributed by atoms with Gasteiger partial charge in [-0.05, 0) is 12.8 Å². The van der Waals surface area contributed by atoms with Crippen molar-refractivity contribution in [2.75, 3.05) is 46.9 Å². The van der Waals surface area contributed by atoms with Crippen LogP contribution in [0.15, 0.2) is 0 Å². The molecule has 1 spiro atoms. The molecule has 2 N–H and O–H groups in total. The summed E-state index contributed by atoms with van der Waals surface area (Å²) in [5.74, 6) is -0.533. The van der Waals surface area contributed by atoms with Crippen molar-refractivity contribution in [3.05, 3.63) is 0 Å². The lowest BCUT2D eigenvalue weighted by Crippen LogP contribution is -2.49. The number of ether oxygens (including phenoxy) is 1. The molecule has 2 aliphatic rings. The molecule has 2 fully saturated rings. The predicted octanol–water partition coefficient (Wildman–Crippen LogP) is -0.0645. The Labute approximate surface area is 142 Å². The summed E-state index contributed by atoms with van der Waals surface area (Å²) in [6, 6.07) is -0.365. The Morgan fingerprint density at radius 3 is 2.54 bits per heavy atom. The monoisotopic (exact) mass is 340 g/mol. The molecule has 0 unspecified atom stereocenters. The van der Waals surface area contributed by atoms with Gasteiger partial charge in [-0.15, -0.1) is 0 Å². The highest BCUT2D eigenvalue weighted by Crippen LogP contribution is 2.39. The highest BCUT2D eigenvalue weighted by atomic mass is 16.5. The van der Waals surface area contributed by atoms with Crippen molar-refractivity contribution in [2.45, 2.75) is 37.6 Å². The molecule has 1 heterocycles. The molecule has 0 bridgehead atoms. The van der Waals surface area contributed by atoms with E-state index in [2.05, 4.69) is 10.6 Å². The first-order valence-electron chi connectivity index (χ1n) is 8.59. The number of carbonyl (C=O) groups is 3. The molecule has 0 atom stereocenters. The minimum atomic E-state index is -0.725. The number of rotatable bonds is 8. The van der Waals surface area contributed by atoms with Crippen LogP contribution in [-0.2, 0) is 14.3 Å². The minimum absolute atomic E-state index is 0.207. The van der Waals surface area contributed by atoms with Crippen molar-refractivity contribution in [1.29, 1.82) is 0 Å². The topological polar surface area (TPSA) is 91.0 Å². The summed E-state index contributed by atoms with van der Waals surface area (Å²) < 4.78 is 4.91. The lowest BCUT2D eigenvalue weighted by atomic mass is 9.81. The molecule has 0 aromatic carbocycles. The maximum atomic E-state index is 12.7. The number of imide groups is 1. The first-order valence-corrected chi connectivity index (χ1v) is 8.59. The molecular weight excluding hydrogens is 312 g/mol. The van der Waals surface area contributed by atoms with E-state index in [9.17, 15) is 14.4 Å². The predicted molar refractivity (Wildman–Crippen MR) is 88.4 cm³/mol. The van der Waals surface area contributed by atoms with Gasteiger partial charge in [-0.3, -0.25) is 14.5 Å². The first-order chi connectivity index (χ1) is 11.5. The molecule has 0 radical (unpaired) electrons. The van der Waals surface area contributed by atoms with E-state index in [1.54, 1.807) is 14.2 Å². The first kappa shape index (κ1) is 18.7. The normalized spacial score (nSPS) is 20.1. The van der Waals surface area contributed by atoms with Crippen molar-refractivity contribution in [1.82, 2.24) is 20.4 Å². The number of likely N-dealkylation sites (N-methyl/N-ethyl adjacent to an activating group) is 1. The number of carbonyl (C=O) groups excluding carboxylic acids is 3. The van der Waals surface area contributed by atoms with Crippen LogP contribution in [0.4, 0.5) is 4.79 Å².